The zero-order valence-electron chi connectivity index (χ0n) is 18.4. The predicted octanol–water partition coefficient (Wildman–Crippen LogP) is 2.90. The number of nitrogen functional groups attached to an aromatic ring is 1. The Balaban J connectivity index is 1.61. The van der Waals surface area contributed by atoms with Crippen molar-refractivity contribution in [2.75, 3.05) is 23.7 Å². The molecule has 2 aromatic rings. The van der Waals surface area contributed by atoms with Gasteiger partial charge in [-0.15, -0.1) is 4.72 Å². The van der Waals surface area contributed by atoms with Gasteiger partial charge in [0, 0.05) is 36.9 Å². The van der Waals surface area contributed by atoms with Crippen molar-refractivity contribution in [2.24, 2.45) is 12.5 Å². The molecule has 168 valence electrons. The van der Waals surface area contributed by atoms with E-state index in [1.54, 1.807) is 11.6 Å². The van der Waals surface area contributed by atoms with Crippen molar-refractivity contribution in [1.29, 1.82) is 0 Å². The Kier molecular flexibility index (Phi) is 6.08. The molecule has 2 aliphatic rings. The molecule has 1 fully saturated rings. The van der Waals surface area contributed by atoms with Crippen LogP contribution in [0.1, 0.15) is 50.8 Å². The summed E-state index contributed by atoms with van der Waals surface area (Å²) in [5.41, 5.74) is 8.46. The molecule has 0 unspecified atom stereocenters. The fourth-order valence-corrected chi connectivity index (χ4v) is 6.17. The third-order valence-corrected chi connectivity index (χ3v) is 9.16. The van der Waals surface area contributed by atoms with Gasteiger partial charge < -0.3 is 15.2 Å². The van der Waals surface area contributed by atoms with Gasteiger partial charge in [-0.2, -0.15) is 4.98 Å². The molecule has 1 aromatic heterocycles. The van der Waals surface area contributed by atoms with E-state index < -0.39 is 11.4 Å². The topological polar surface area (TPSA) is 99.2 Å². The summed E-state index contributed by atoms with van der Waals surface area (Å²) in [6, 6.07) is 8.55. The number of nitrogens with zero attached hydrogens (tertiary/aromatic N) is 3. The zero-order chi connectivity index (χ0) is 22.6. The predicted molar refractivity (Wildman–Crippen MR) is 134 cm³/mol. The van der Waals surface area contributed by atoms with Crippen molar-refractivity contribution in [2.45, 2.75) is 50.8 Å². The molecule has 0 bridgehead atoms. The quantitative estimate of drug-likeness (QED) is 0.447. The van der Waals surface area contributed by atoms with Crippen molar-refractivity contribution in [3.8, 4) is 0 Å². The van der Waals surface area contributed by atoms with Gasteiger partial charge in [0.1, 0.15) is 14.1 Å². The summed E-state index contributed by atoms with van der Waals surface area (Å²) in [4.78, 5) is 19.1. The summed E-state index contributed by atoms with van der Waals surface area (Å²) in [6.07, 6.45) is 2.81. The minimum absolute atomic E-state index is 0.00525. The number of aromatic nitrogens is 2. The number of nitrogens with two attached hydrogens (primary N) is 1. The maximum atomic E-state index is 13.0. The highest BCUT2D eigenvalue weighted by Crippen LogP contribution is 2.52. The first kappa shape index (κ1) is 22.9. The maximum Gasteiger partial charge on any atom is 0.270 e. The molecule has 1 spiro atoms. The summed E-state index contributed by atoms with van der Waals surface area (Å²) in [5.74, 6) is 0.906. The van der Waals surface area contributed by atoms with Crippen LogP contribution in [-0.4, -0.2) is 31.9 Å². The molecule has 3 N–H and O–H groups in total. The van der Waals surface area contributed by atoms with Crippen molar-refractivity contribution in [1.82, 2.24) is 14.3 Å². The van der Waals surface area contributed by atoms with Gasteiger partial charge in [0.15, 0.2) is 0 Å². The number of rotatable bonds is 3. The number of piperidine rings is 1. The van der Waals surface area contributed by atoms with Gasteiger partial charge in [-0.25, -0.2) is 0 Å². The van der Waals surface area contributed by atoms with Gasteiger partial charge >= 0.3 is 0 Å². The number of nitrogens with one attached hydrogen (secondary N) is 1. The van der Waals surface area contributed by atoms with Crippen LogP contribution in [0, 0.1) is 8.99 Å². The van der Waals surface area contributed by atoms with Crippen LogP contribution in [0.15, 0.2) is 29.1 Å². The highest BCUT2D eigenvalue weighted by Gasteiger charge is 2.50. The molecule has 4 rings (SSSR count). The Morgan fingerprint density at radius 2 is 1.94 bits per heavy atom. The maximum absolute atomic E-state index is 13.0. The Hall–Kier alpha value is -1.30. The van der Waals surface area contributed by atoms with Crippen LogP contribution in [0.2, 0.25) is 0 Å². The zero-order valence-corrected chi connectivity index (χ0v) is 21.4. The standard InChI is InChI=1S/C22H30IN5O2S/c1-21(2,3)31(30)26-17-15-8-6-5-7-14(15)13-22(17)9-11-28(12-10-22)20-25-18(24)16(23)19(29)27(20)4/h5-8,17,26H,9-13,24H2,1-4H3/t17-,31-/m1/s1. The Bertz CT molecular complexity index is 1040. The van der Waals surface area contributed by atoms with E-state index in [0.717, 1.165) is 32.4 Å². The largest absolute Gasteiger partial charge is 0.598 e. The van der Waals surface area contributed by atoms with Crippen LogP contribution in [0.5, 0.6) is 0 Å². The minimum atomic E-state index is -1.16. The van der Waals surface area contributed by atoms with Gasteiger partial charge in [0.25, 0.3) is 5.56 Å². The second kappa shape index (κ2) is 8.24. The minimum Gasteiger partial charge on any atom is -0.598 e. The van der Waals surface area contributed by atoms with E-state index in [2.05, 4.69) is 38.9 Å². The van der Waals surface area contributed by atoms with Crippen LogP contribution in [0.3, 0.4) is 0 Å². The van der Waals surface area contributed by atoms with Gasteiger partial charge in [-0.05, 0) is 73.8 Å². The van der Waals surface area contributed by atoms with Crippen molar-refractivity contribution in [3.63, 3.8) is 0 Å². The molecule has 0 amide bonds. The van der Waals surface area contributed by atoms with Crippen LogP contribution < -0.4 is 20.9 Å². The highest BCUT2D eigenvalue weighted by atomic mass is 127. The molecule has 0 radical (unpaired) electrons. The summed E-state index contributed by atoms with van der Waals surface area (Å²) < 4.78 is 18.2. The number of anilines is 2. The molecule has 1 aliphatic heterocycles. The lowest BCUT2D eigenvalue weighted by atomic mass is 9.73. The lowest BCUT2D eigenvalue weighted by Crippen LogP contribution is -2.50. The first-order chi connectivity index (χ1) is 14.5. The third-order valence-electron chi connectivity index (χ3n) is 6.58. The first-order valence-corrected chi connectivity index (χ1v) is 12.8. The molecule has 2 atom stereocenters. The van der Waals surface area contributed by atoms with E-state index in [1.807, 2.05) is 43.4 Å². The summed E-state index contributed by atoms with van der Waals surface area (Å²) in [5, 5.41) is 0. The Morgan fingerprint density at radius 1 is 1.29 bits per heavy atom. The van der Waals surface area contributed by atoms with E-state index in [4.69, 9.17) is 5.73 Å². The second-order valence-corrected chi connectivity index (χ2v) is 12.7. The van der Waals surface area contributed by atoms with E-state index in [-0.39, 0.29) is 27.6 Å². The average molecular weight is 555 g/mol. The van der Waals surface area contributed by atoms with Crippen LogP contribution in [-0.2, 0) is 24.8 Å². The lowest BCUT2D eigenvalue weighted by Gasteiger charge is -2.44. The van der Waals surface area contributed by atoms with Gasteiger partial charge in [0.2, 0.25) is 5.95 Å². The number of halogens is 1. The summed E-state index contributed by atoms with van der Waals surface area (Å²) in [6.45, 7) is 7.54. The molecule has 2 heterocycles. The number of benzene rings is 1. The Morgan fingerprint density at radius 3 is 2.58 bits per heavy atom. The van der Waals surface area contributed by atoms with Crippen molar-refractivity contribution < 1.29 is 4.55 Å². The van der Waals surface area contributed by atoms with Crippen LogP contribution in [0.4, 0.5) is 11.8 Å². The molecular weight excluding hydrogens is 525 g/mol. The first-order valence-electron chi connectivity index (χ1n) is 10.6. The van der Waals surface area contributed by atoms with Crippen molar-refractivity contribution in [3.05, 3.63) is 49.3 Å². The molecule has 31 heavy (non-hydrogen) atoms. The molecule has 7 nitrogen and oxygen atoms in total. The van der Waals surface area contributed by atoms with E-state index in [1.165, 1.54) is 11.1 Å². The average Bonchev–Trinajstić information content (AvgIpc) is 3.02. The number of hydrogen-bond acceptors (Lipinski definition) is 6. The van der Waals surface area contributed by atoms with E-state index >= 15 is 0 Å². The molecule has 1 aromatic carbocycles. The molecule has 1 aliphatic carbocycles. The molecule has 0 saturated carbocycles. The fraction of sp³-hybridized carbons (Fsp3) is 0.545. The fourth-order valence-electron chi connectivity index (χ4n) is 4.74. The van der Waals surface area contributed by atoms with Gasteiger partial charge in [0.05, 0.1) is 6.04 Å². The molecule has 1 saturated heterocycles. The smallest absolute Gasteiger partial charge is 0.270 e. The lowest BCUT2D eigenvalue weighted by molar-refractivity contribution is 0.175. The number of hydrogen-bond donors (Lipinski definition) is 2. The second-order valence-electron chi connectivity index (χ2n) is 9.63. The van der Waals surface area contributed by atoms with E-state index in [0.29, 0.717) is 9.52 Å². The summed E-state index contributed by atoms with van der Waals surface area (Å²) >= 11 is 0.793. The normalized spacial score (nSPS) is 21.4. The third kappa shape index (κ3) is 4.09. The molecular formula is C22H30IN5O2S. The Labute approximate surface area is 200 Å². The van der Waals surface area contributed by atoms with Crippen LogP contribution >= 0.6 is 22.6 Å². The van der Waals surface area contributed by atoms with Crippen molar-refractivity contribution >= 4 is 45.7 Å². The van der Waals surface area contributed by atoms with Gasteiger partial charge in [-0.3, -0.25) is 9.36 Å². The molecule has 9 heteroatoms. The summed E-state index contributed by atoms with van der Waals surface area (Å²) in [7, 11) is 1.75. The monoisotopic (exact) mass is 555 g/mol. The highest BCUT2D eigenvalue weighted by molar-refractivity contribution is 14.1. The van der Waals surface area contributed by atoms with E-state index in [9.17, 15) is 9.35 Å². The SMILES string of the molecule is Cn1c(N2CCC3(CC2)Cc2ccccc2[C@H]3N[S@+]([O-])C(C)(C)C)nc(N)c(I)c1=O. The van der Waals surface area contributed by atoms with Gasteiger partial charge in [-0.1, -0.05) is 24.3 Å². The van der Waals surface area contributed by atoms with Crippen LogP contribution in [0.25, 0.3) is 0 Å². The number of fused-ring (bicyclic) bond motifs is 1.